The molecule has 0 bridgehead atoms. The number of carboxylic acid groups (broad SMARTS) is 1. The maximum Gasteiger partial charge on any atom is 0.407 e. The van der Waals surface area contributed by atoms with Gasteiger partial charge in [-0.15, -0.1) is 10.2 Å². The van der Waals surface area contributed by atoms with Crippen LogP contribution in [0.25, 0.3) is 0 Å². The van der Waals surface area contributed by atoms with Crippen molar-refractivity contribution in [1.82, 2.24) is 15.1 Å². The number of esters is 1. The normalized spacial score (nSPS) is 16.3. The van der Waals surface area contributed by atoms with Gasteiger partial charge >= 0.3 is 12.1 Å². The fourth-order valence-electron chi connectivity index (χ4n) is 3.75. The molecule has 166 valence electrons. The zero-order chi connectivity index (χ0) is 22.6. The van der Waals surface area contributed by atoms with Gasteiger partial charge in [-0.2, -0.15) is 0 Å². The summed E-state index contributed by atoms with van der Waals surface area (Å²) in [5, 5.41) is 17.3. The lowest BCUT2D eigenvalue weighted by molar-refractivity contribution is 0.0517. The highest BCUT2D eigenvalue weighted by Crippen LogP contribution is 2.39. The van der Waals surface area contributed by atoms with Crippen LogP contribution in [0.2, 0.25) is 0 Å². The maximum atomic E-state index is 11.7. The number of nitrogens with zero attached hydrogens (tertiary/aromatic N) is 3. The van der Waals surface area contributed by atoms with E-state index >= 15 is 0 Å². The fraction of sp³-hybridized carbons (Fsp3) is 0.478. The Hall–Kier alpha value is -3.16. The van der Waals surface area contributed by atoms with Crippen molar-refractivity contribution in [3.63, 3.8) is 0 Å². The summed E-state index contributed by atoms with van der Waals surface area (Å²) in [6.45, 7) is 9.69. The number of aromatic nitrogens is 2. The van der Waals surface area contributed by atoms with Gasteiger partial charge < -0.3 is 19.5 Å². The molecule has 31 heavy (non-hydrogen) atoms. The third-order valence-corrected chi connectivity index (χ3v) is 5.46. The van der Waals surface area contributed by atoms with Crippen LogP contribution in [-0.4, -0.2) is 52.0 Å². The molecule has 0 saturated heterocycles. The molecule has 1 N–H and O–H groups in total. The van der Waals surface area contributed by atoms with Crippen LogP contribution in [0.4, 0.5) is 4.79 Å². The van der Waals surface area contributed by atoms with Crippen LogP contribution in [-0.2, 0) is 17.8 Å². The monoisotopic (exact) mass is 427 g/mol. The number of carbonyl (C=O) groups excluding carboxylic acids is 1. The first-order valence-electron chi connectivity index (χ1n) is 10.4. The van der Waals surface area contributed by atoms with Crippen LogP contribution in [0.3, 0.4) is 0 Å². The van der Waals surface area contributed by atoms with Crippen molar-refractivity contribution in [1.29, 1.82) is 0 Å². The van der Waals surface area contributed by atoms with Crippen molar-refractivity contribution < 1.29 is 24.2 Å². The minimum atomic E-state index is -0.879. The lowest BCUT2D eigenvalue weighted by Crippen LogP contribution is -2.36. The minimum Gasteiger partial charge on any atom is -0.472 e. The first-order chi connectivity index (χ1) is 14.7. The van der Waals surface area contributed by atoms with Gasteiger partial charge in [0.2, 0.25) is 5.88 Å². The summed E-state index contributed by atoms with van der Waals surface area (Å²) in [5.41, 5.74) is 3.37. The predicted octanol–water partition coefficient (Wildman–Crippen LogP) is 3.90. The number of carbonyl (C=O) groups is 2. The zero-order valence-electron chi connectivity index (χ0n) is 18.4. The lowest BCUT2D eigenvalue weighted by Gasteiger charge is -2.33. The number of ether oxygens (including phenoxy) is 2. The minimum absolute atomic E-state index is 0.0684. The van der Waals surface area contributed by atoms with E-state index < -0.39 is 12.1 Å². The molecule has 1 aromatic carbocycles. The Kier molecular flexibility index (Phi) is 6.77. The van der Waals surface area contributed by atoms with Gasteiger partial charge in [-0.05, 0) is 41.5 Å². The number of hydrogen-bond donors (Lipinski definition) is 1. The summed E-state index contributed by atoms with van der Waals surface area (Å²) in [5.74, 6) is -0.0962. The Bertz CT molecular complexity index is 937. The van der Waals surface area contributed by atoms with Crippen LogP contribution in [0.1, 0.15) is 60.8 Å². The number of amides is 1. The van der Waals surface area contributed by atoms with Crippen molar-refractivity contribution >= 4 is 12.1 Å². The summed E-state index contributed by atoms with van der Waals surface area (Å²) in [6, 6.07) is 9.29. The van der Waals surface area contributed by atoms with Gasteiger partial charge in [0.25, 0.3) is 0 Å². The van der Waals surface area contributed by atoms with Crippen LogP contribution >= 0.6 is 0 Å². The Balaban J connectivity index is 1.74. The third-order valence-electron chi connectivity index (χ3n) is 5.46. The second-order valence-corrected chi connectivity index (χ2v) is 8.70. The average molecular weight is 428 g/mol. The summed E-state index contributed by atoms with van der Waals surface area (Å²) >= 11 is 0. The van der Waals surface area contributed by atoms with Gasteiger partial charge in [0.15, 0.2) is 5.69 Å². The molecular formula is C23H29N3O5. The second kappa shape index (κ2) is 9.32. The number of benzene rings is 1. The van der Waals surface area contributed by atoms with E-state index in [4.69, 9.17) is 9.47 Å². The average Bonchev–Trinajstić information content (AvgIpc) is 2.92. The topological polar surface area (TPSA) is 102 Å². The lowest BCUT2D eigenvalue weighted by atomic mass is 9.75. The Morgan fingerprint density at radius 1 is 1.19 bits per heavy atom. The van der Waals surface area contributed by atoms with Crippen molar-refractivity contribution in [3.05, 3.63) is 52.7 Å². The van der Waals surface area contributed by atoms with Crippen LogP contribution < -0.4 is 4.74 Å². The molecule has 8 heteroatoms. The van der Waals surface area contributed by atoms with E-state index in [1.165, 1.54) is 16.5 Å². The number of rotatable bonds is 5. The first-order valence-corrected chi connectivity index (χ1v) is 10.4. The van der Waals surface area contributed by atoms with Gasteiger partial charge in [-0.3, -0.25) is 0 Å². The number of hydrogen-bond acceptors (Lipinski definition) is 6. The standard InChI is InChI=1S/C23H29N3O5/c1-5-30-21(27)19-8-9-20(25-24-19)31-14-15-6-7-17-16(12-15)10-11-26(22(28)29)13-18(17)23(2,3)4/h6-9,12,18H,5,10-11,13-14H2,1-4H3,(H,28,29). The van der Waals surface area contributed by atoms with E-state index in [0.29, 0.717) is 32.0 Å². The quantitative estimate of drug-likeness (QED) is 0.722. The molecule has 0 fully saturated rings. The van der Waals surface area contributed by atoms with Gasteiger partial charge in [-0.1, -0.05) is 39.0 Å². The Labute approximate surface area is 182 Å². The van der Waals surface area contributed by atoms with E-state index in [2.05, 4.69) is 43.1 Å². The van der Waals surface area contributed by atoms with Gasteiger partial charge in [-0.25, -0.2) is 9.59 Å². The van der Waals surface area contributed by atoms with Crippen LogP contribution in [0, 0.1) is 5.41 Å². The summed E-state index contributed by atoms with van der Waals surface area (Å²) in [7, 11) is 0. The smallest absolute Gasteiger partial charge is 0.407 e. The van der Waals surface area contributed by atoms with E-state index in [-0.39, 0.29) is 23.6 Å². The molecule has 2 heterocycles. The zero-order valence-corrected chi connectivity index (χ0v) is 18.4. The van der Waals surface area contributed by atoms with Crippen molar-refractivity contribution in [2.24, 2.45) is 5.41 Å². The van der Waals surface area contributed by atoms with Gasteiger partial charge in [0.1, 0.15) is 6.61 Å². The highest BCUT2D eigenvalue weighted by Gasteiger charge is 2.33. The largest absolute Gasteiger partial charge is 0.472 e. The van der Waals surface area contributed by atoms with Crippen molar-refractivity contribution in [3.8, 4) is 5.88 Å². The molecule has 8 nitrogen and oxygen atoms in total. The fourth-order valence-corrected chi connectivity index (χ4v) is 3.75. The summed E-state index contributed by atoms with van der Waals surface area (Å²) in [4.78, 5) is 24.8. The van der Waals surface area contributed by atoms with E-state index in [1.54, 1.807) is 13.0 Å². The van der Waals surface area contributed by atoms with Crippen molar-refractivity contribution in [2.45, 2.75) is 46.6 Å². The molecule has 0 saturated carbocycles. The molecule has 1 aliphatic rings. The van der Waals surface area contributed by atoms with Gasteiger partial charge in [0, 0.05) is 25.1 Å². The Morgan fingerprint density at radius 2 is 1.97 bits per heavy atom. The van der Waals surface area contributed by atoms with E-state index in [1.807, 2.05) is 6.07 Å². The molecule has 1 aliphatic heterocycles. The molecule has 1 aromatic heterocycles. The molecule has 0 aliphatic carbocycles. The highest BCUT2D eigenvalue weighted by molar-refractivity contribution is 5.86. The van der Waals surface area contributed by atoms with E-state index in [0.717, 1.165) is 11.1 Å². The molecule has 0 radical (unpaired) electrons. The predicted molar refractivity (Wildman–Crippen MR) is 114 cm³/mol. The van der Waals surface area contributed by atoms with Crippen molar-refractivity contribution in [2.75, 3.05) is 19.7 Å². The van der Waals surface area contributed by atoms with Crippen LogP contribution in [0.5, 0.6) is 5.88 Å². The molecule has 3 rings (SSSR count). The first kappa shape index (κ1) is 22.5. The Morgan fingerprint density at radius 3 is 2.58 bits per heavy atom. The maximum absolute atomic E-state index is 11.7. The molecule has 2 aromatic rings. The molecular weight excluding hydrogens is 398 g/mol. The SMILES string of the molecule is CCOC(=O)c1ccc(OCc2ccc3c(c2)CCN(C(=O)O)CC3C(C)(C)C)nn1. The van der Waals surface area contributed by atoms with E-state index in [9.17, 15) is 14.7 Å². The highest BCUT2D eigenvalue weighted by atomic mass is 16.5. The molecule has 1 amide bonds. The van der Waals surface area contributed by atoms with Crippen LogP contribution in [0.15, 0.2) is 30.3 Å². The molecule has 1 unspecified atom stereocenters. The molecule has 1 atom stereocenters. The molecule has 0 spiro atoms. The summed E-state index contributed by atoms with van der Waals surface area (Å²) in [6.07, 6.45) is -0.216. The van der Waals surface area contributed by atoms with Gasteiger partial charge in [0.05, 0.1) is 6.61 Å². The second-order valence-electron chi connectivity index (χ2n) is 8.70. The third kappa shape index (κ3) is 5.51. The number of fused-ring (bicyclic) bond motifs is 1. The summed E-state index contributed by atoms with van der Waals surface area (Å²) < 4.78 is 10.6.